The highest BCUT2D eigenvalue weighted by molar-refractivity contribution is 5.36. The van der Waals surface area contributed by atoms with E-state index < -0.39 is 11.7 Å². The molecule has 1 saturated heterocycles. The van der Waals surface area contributed by atoms with Crippen LogP contribution in [0.1, 0.15) is 18.4 Å². The van der Waals surface area contributed by atoms with Gasteiger partial charge in [0.15, 0.2) is 0 Å². The van der Waals surface area contributed by atoms with Crippen molar-refractivity contribution in [2.45, 2.75) is 31.2 Å². The molecule has 116 valence electrons. The van der Waals surface area contributed by atoms with Gasteiger partial charge in [-0.2, -0.15) is 13.2 Å². The van der Waals surface area contributed by atoms with Crippen LogP contribution in [0, 0.1) is 0 Å². The molecule has 4 nitrogen and oxygen atoms in total. The van der Waals surface area contributed by atoms with Gasteiger partial charge in [0.25, 0.3) is 0 Å². The monoisotopic (exact) mass is 301 g/mol. The molecule has 0 aromatic carbocycles. The molecule has 0 radical (unpaired) electrons. The fourth-order valence-electron chi connectivity index (χ4n) is 2.52. The number of rotatable bonds is 4. The van der Waals surface area contributed by atoms with Crippen LogP contribution in [0.15, 0.2) is 18.3 Å². The maximum Gasteiger partial charge on any atom is 0.417 e. The van der Waals surface area contributed by atoms with Crippen molar-refractivity contribution in [3.05, 3.63) is 23.9 Å². The largest absolute Gasteiger partial charge is 0.417 e. The first kappa shape index (κ1) is 14.6. The number of pyridine rings is 1. The van der Waals surface area contributed by atoms with E-state index in [1.54, 1.807) is 0 Å². The van der Waals surface area contributed by atoms with E-state index in [9.17, 15) is 13.2 Å². The van der Waals surface area contributed by atoms with Gasteiger partial charge in [0, 0.05) is 31.9 Å². The lowest BCUT2D eigenvalue weighted by atomic mass is 10.2. The Balaban J connectivity index is 1.50. The zero-order chi connectivity index (χ0) is 14.9. The Morgan fingerprint density at radius 3 is 2.76 bits per heavy atom. The predicted molar refractivity (Wildman–Crippen MR) is 72.1 cm³/mol. The van der Waals surface area contributed by atoms with Crippen molar-refractivity contribution in [2.24, 2.45) is 0 Å². The molecule has 1 aliphatic carbocycles. The summed E-state index contributed by atoms with van der Waals surface area (Å²) >= 11 is 0. The first-order valence-corrected chi connectivity index (χ1v) is 7.15. The molecule has 1 aromatic heterocycles. The van der Waals surface area contributed by atoms with Gasteiger partial charge in [0.1, 0.15) is 5.82 Å². The lowest BCUT2D eigenvalue weighted by Crippen LogP contribution is -2.46. The number of halogens is 3. The fraction of sp³-hybridized carbons (Fsp3) is 0.643. The lowest BCUT2D eigenvalue weighted by Gasteiger charge is -2.33. The van der Waals surface area contributed by atoms with Crippen molar-refractivity contribution in [1.82, 2.24) is 9.88 Å². The fourth-order valence-corrected chi connectivity index (χ4v) is 2.52. The third kappa shape index (κ3) is 3.85. The summed E-state index contributed by atoms with van der Waals surface area (Å²) < 4.78 is 43.0. The number of alkyl halides is 3. The third-order valence-corrected chi connectivity index (χ3v) is 3.84. The third-order valence-electron chi connectivity index (χ3n) is 3.84. The minimum Gasteiger partial charge on any atom is -0.374 e. The Labute approximate surface area is 121 Å². The van der Waals surface area contributed by atoms with Crippen LogP contribution in [0.5, 0.6) is 0 Å². The molecule has 0 bridgehead atoms. The molecule has 3 rings (SSSR count). The molecular weight excluding hydrogens is 283 g/mol. The van der Waals surface area contributed by atoms with Crippen LogP contribution in [-0.4, -0.2) is 48.3 Å². The van der Waals surface area contributed by atoms with Crippen molar-refractivity contribution >= 4 is 5.82 Å². The minimum absolute atomic E-state index is 0.0587. The molecule has 2 heterocycles. The van der Waals surface area contributed by atoms with Crippen LogP contribution in [-0.2, 0) is 10.9 Å². The summed E-state index contributed by atoms with van der Waals surface area (Å²) in [6, 6.07) is 3.10. The lowest BCUT2D eigenvalue weighted by molar-refractivity contribution is -0.137. The first-order chi connectivity index (χ1) is 10.0. The summed E-state index contributed by atoms with van der Waals surface area (Å²) in [4.78, 5) is 6.22. The van der Waals surface area contributed by atoms with Crippen molar-refractivity contribution < 1.29 is 17.9 Å². The highest BCUT2D eigenvalue weighted by Gasteiger charge is 2.33. The number of nitrogens with one attached hydrogen (secondary N) is 1. The average molecular weight is 301 g/mol. The Bertz CT molecular complexity index is 473. The van der Waals surface area contributed by atoms with Crippen molar-refractivity contribution in [3.63, 3.8) is 0 Å². The quantitative estimate of drug-likeness (QED) is 0.926. The van der Waals surface area contributed by atoms with Gasteiger partial charge in [-0.25, -0.2) is 4.98 Å². The van der Waals surface area contributed by atoms with Gasteiger partial charge in [-0.15, -0.1) is 0 Å². The summed E-state index contributed by atoms with van der Waals surface area (Å²) in [5, 5.41) is 3.04. The summed E-state index contributed by atoms with van der Waals surface area (Å²) in [5.41, 5.74) is -0.734. The van der Waals surface area contributed by atoms with E-state index in [2.05, 4.69) is 15.2 Å². The molecule has 1 saturated carbocycles. The Hall–Kier alpha value is -1.34. The van der Waals surface area contributed by atoms with Gasteiger partial charge in [-0.1, -0.05) is 0 Å². The van der Waals surface area contributed by atoms with Gasteiger partial charge in [0.05, 0.1) is 18.3 Å². The Morgan fingerprint density at radius 1 is 1.33 bits per heavy atom. The van der Waals surface area contributed by atoms with Crippen LogP contribution < -0.4 is 5.32 Å². The Morgan fingerprint density at radius 2 is 2.14 bits per heavy atom. The molecule has 2 fully saturated rings. The topological polar surface area (TPSA) is 37.4 Å². The molecule has 0 spiro atoms. The molecule has 21 heavy (non-hydrogen) atoms. The molecule has 1 atom stereocenters. The second-order valence-electron chi connectivity index (χ2n) is 5.53. The van der Waals surface area contributed by atoms with Gasteiger partial charge >= 0.3 is 6.18 Å². The molecule has 1 N–H and O–H groups in total. The van der Waals surface area contributed by atoms with Crippen LogP contribution in [0.2, 0.25) is 0 Å². The molecule has 1 aromatic rings. The maximum absolute atomic E-state index is 12.4. The van der Waals surface area contributed by atoms with E-state index >= 15 is 0 Å². The molecule has 1 aliphatic heterocycles. The molecular formula is C14H18F3N3O. The minimum atomic E-state index is -4.34. The Kier molecular flexibility index (Phi) is 4.03. The number of nitrogens with zero attached hydrogens (tertiary/aromatic N) is 2. The summed E-state index contributed by atoms with van der Waals surface area (Å²) in [6.45, 7) is 3.11. The summed E-state index contributed by atoms with van der Waals surface area (Å²) in [5.74, 6) is 0.440. The summed E-state index contributed by atoms with van der Waals surface area (Å²) in [6.07, 6.45) is -0.909. The zero-order valence-corrected chi connectivity index (χ0v) is 11.6. The van der Waals surface area contributed by atoms with E-state index in [1.165, 1.54) is 18.9 Å². The van der Waals surface area contributed by atoms with E-state index in [1.807, 2.05) is 0 Å². The zero-order valence-electron chi connectivity index (χ0n) is 11.6. The van der Waals surface area contributed by atoms with Crippen molar-refractivity contribution in [3.8, 4) is 0 Å². The van der Waals surface area contributed by atoms with Gasteiger partial charge < -0.3 is 10.1 Å². The van der Waals surface area contributed by atoms with Crippen LogP contribution in [0.4, 0.5) is 19.0 Å². The van der Waals surface area contributed by atoms with Crippen LogP contribution in [0.3, 0.4) is 0 Å². The van der Waals surface area contributed by atoms with E-state index in [-0.39, 0.29) is 6.10 Å². The first-order valence-electron chi connectivity index (χ1n) is 7.15. The number of hydrogen-bond donors (Lipinski definition) is 1. The number of anilines is 1. The van der Waals surface area contributed by atoms with Crippen molar-refractivity contribution in [1.29, 1.82) is 0 Å². The molecule has 2 aliphatic rings. The number of ether oxygens (including phenoxy) is 1. The number of hydrogen-bond acceptors (Lipinski definition) is 4. The highest BCUT2D eigenvalue weighted by Crippen LogP contribution is 2.29. The molecule has 0 amide bonds. The normalized spacial score (nSPS) is 24.0. The van der Waals surface area contributed by atoms with Gasteiger partial charge in [-0.05, 0) is 25.0 Å². The second kappa shape index (κ2) is 5.81. The van der Waals surface area contributed by atoms with Gasteiger partial charge in [0.2, 0.25) is 0 Å². The smallest absolute Gasteiger partial charge is 0.374 e. The van der Waals surface area contributed by atoms with E-state index in [4.69, 9.17) is 4.74 Å². The number of morpholine rings is 1. The highest BCUT2D eigenvalue weighted by atomic mass is 19.4. The standard InChI is InChI=1S/C14H18F3N3O/c15-14(16,17)10-1-4-13(18-7-10)19-8-12-9-20(5-6-21-12)11-2-3-11/h1,4,7,11-12H,2-3,5-6,8-9H2,(H,18,19). The molecule has 1 unspecified atom stereocenters. The number of aromatic nitrogens is 1. The van der Waals surface area contributed by atoms with E-state index in [0.29, 0.717) is 25.0 Å². The maximum atomic E-state index is 12.4. The summed E-state index contributed by atoms with van der Waals surface area (Å²) in [7, 11) is 0. The van der Waals surface area contributed by atoms with Gasteiger partial charge in [-0.3, -0.25) is 4.90 Å². The predicted octanol–water partition coefficient (Wildman–Crippen LogP) is 2.38. The van der Waals surface area contributed by atoms with Crippen LogP contribution >= 0.6 is 0 Å². The van der Waals surface area contributed by atoms with Crippen molar-refractivity contribution in [2.75, 3.05) is 31.6 Å². The molecule has 7 heteroatoms. The second-order valence-corrected chi connectivity index (χ2v) is 5.53. The van der Waals surface area contributed by atoms with Crippen LogP contribution in [0.25, 0.3) is 0 Å². The average Bonchev–Trinajstić information content (AvgIpc) is 3.30. The SMILES string of the molecule is FC(F)(F)c1ccc(NCC2CN(C3CC3)CCO2)nc1. The van der Waals surface area contributed by atoms with E-state index in [0.717, 1.165) is 25.4 Å².